The predicted octanol–water partition coefficient (Wildman–Crippen LogP) is 0.453. The number of ether oxygens (including phenoxy) is 2. The number of carbonyl (C=O) groups excluding carboxylic acids is 2. The first-order valence-corrected chi connectivity index (χ1v) is 4.53. The Hall–Kier alpha value is -2.11. The monoisotopic (exact) mass is 224 g/mol. The van der Waals surface area contributed by atoms with Gasteiger partial charge in [-0.15, -0.1) is 0 Å². The quantitative estimate of drug-likeness (QED) is 0.748. The SMILES string of the molecule is COC(=O)CNc1ncccc1C(=O)OC. The smallest absolute Gasteiger partial charge is 0.341 e. The van der Waals surface area contributed by atoms with Crippen LogP contribution in [0.25, 0.3) is 0 Å². The van der Waals surface area contributed by atoms with E-state index < -0.39 is 11.9 Å². The van der Waals surface area contributed by atoms with Crippen LogP contribution >= 0.6 is 0 Å². The van der Waals surface area contributed by atoms with Gasteiger partial charge in [-0.05, 0) is 12.1 Å². The van der Waals surface area contributed by atoms with Crippen molar-refractivity contribution in [1.29, 1.82) is 0 Å². The Morgan fingerprint density at radius 1 is 1.38 bits per heavy atom. The Bertz CT molecular complexity index is 392. The molecule has 0 atom stereocenters. The Labute approximate surface area is 92.6 Å². The van der Waals surface area contributed by atoms with E-state index in [0.29, 0.717) is 5.82 Å². The van der Waals surface area contributed by atoms with E-state index in [1.165, 1.54) is 20.4 Å². The van der Waals surface area contributed by atoms with Crippen molar-refractivity contribution in [2.24, 2.45) is 0 Å². The van der Waals surface area contributed by atoms with Gasteiger partial charge in [0.1, 0.15) is 17.9 Å². The zero-order chi connectivity index (χ0) is 12.0. The lowest BCUT2D eigenvalue weighted by Crippen LogP contribution is -2.18. The average Bonchev–Trinajstić information content (AvgIpc) is 2.35. The Kier molecular flexibility index (Phi) is 4.26. The number of carbonyl (C=O) groups is 2. The van der Waals surface area contributed by atoms with E-state index >= 15 is 0 Å². The molecule has 0 aliphatic rings. The number of nitrogens with zero attached hydrogens (tertiary/aromatic N) is 1. The lowest BCUT2D eigenvalue weighted by atomic mass is 10.2. The lowest BCUT2D eigenvalue weighted by molar-refractivity contribution is -0.138. The molecule has 1 rings (SSSR count). The summed E-state index contributed by atoms with van der Waals surface area (Å²) >= 11 is 0. The van der Waals surface area contributed by atoms with E-state index in [1.807, 2.05) is 0 Å². The predicted molar refractivity (Wildman–Crippen MR) is 56.1 cm³/mol. The summed E-state index contributed by atoms with van der Waals surface area (Å²) in [4.78, 5) is 26.2. The van der Waals surface area contributed by atoms with Gasteiger partial charge in [0.2, 0.25) is 0 Å². The highest BCUT2D eigenvalue weighted by Gasteiger charge is 2.12. The standard InChI is InChI=1S/C10H12N2O4/c1-15-8(13)6-12-9-7(10(14)16-2)4-3-5-11-9/h3-5H,6H2,1-2H3,(H,11,12). The van der Waals surface area contributed by atoms with Crippen LogP contribution in [0.3, 0.4) is 0 Å². The summed E-state index contributed by atoms with van der Waals surface area (Å²) in [5, 5.41) is 2.69. The van der Waals surface area contributed by atoms with E-state index in [0.717, 1.165) is 0 Å². The molecule has 0 spiro atoms. The first-order chi connectivity index (χ1) is 7.69. The minimum Gasteiger partial charge on any atom is -0.468 e. The molecule has 6 nitrogen and oxygen atoms in total. The summed E-state index contributed by atoms with van der Waals surface area (Å²) in [6, 6.07) is 3.16. The number of anilines is 1. The first kappa shape index (κ1) is 12.0. The topological polar surface area (TPSA) is 77.5 Å². The van der Waals surface area contributed by atoms with Gasteiger partial charge in [0.15, 0.2) is 0 Å². The fourth-order valence-electron chi connectivity index (χ4n) is 1.05. The summed E-state index contributed by atoms with van der Waals surface area (Å²) in [5.74, 6) is -0.665. The third-order valence-corrected chi connectivity index (χ3v) is 1.84. The molecule has 86 valence electrons. The number of hydrogen-bond donors (Lipinski definition) is 1. The fraction of sp³-hybridized carbons (Fsp3) is 0.300. The third kappa shape index (κ3) is 2.94. The second kappa shape index (κ2) is 5.69. The Morgan fingerprint density at radius 3 is 2.75 bits per heavy atom. The molecule has 1 aromatic heterocycles. The van der Waals surface area contributed by atoms with E-state index in [9.17, 15) is 9.59 Å². The van der Waals surface area contributed by atoms with Crippen molar-refractivity contribution in [2.45, 2.75) is 0 Å². The molecule has 0 aromatic carbocycles. The van der Waals surface area contributed by atoms with Crippen LogP contribution in [0.4, 0.5) is 5.82 Å². The summed E-state index contributed by atoms with van der Waals surface area (Å²) in [7, 11) is 2.56. The molecule has 0 amide bonds. The minimum absolute atomic E-state index is 0.0580. The molecule has 16 heavy (non-hydrogen) atoms. The van der Waals surface area contributed by atoms with Crippen LogP contribution in [0.15, 0.2) is 18.3 Å². The second-order valence-electron chi connectivity index (χ2n) is 2.82. The van der Waals surface area contributed by atoms with Crippen molar-refractivity contribution < 1.29 is 19.1 Å². The average molecular weight is 224 g/mol. The minimum atomic E-state index is -0.513. The van der Waals surface area contributed by atoms with E-state index in [1.54, 1.807) is 12.1 Å². The Balaban J connectivity index is 2.79. The molecule has 0 bridgehead atoms. The molecule has 0 fully saturated rings. The summed E-state index contributed by atoms with van der Waals surface area (Å²) in [6.45, 7) is -0.0580. The van der Waals surface area contributed by atoms with Gasteiger partial charge in [-0.1, -0.05) is 0 Å². The molecular weight excluding hydrogens is 212 g/mol. The van der Waals surface area contributed by atoms with Crippen molar-refractivity contribution in [2.75, 3.05) is 26.1 Å². The van der Waals surface area contributed by atoms with Crippen LogP contribution in [-0.4, -0.2) is 37.7 Å². The molecule has 0 aliphatic heterocycles. The molecule has 0 radical (unpaired) electrons. The fourth-order valence-corrected chi connectivity index (χ4v) is 1.05. The number of hydrogen-bond acceptors (Lipinski definition) is 6. The summed E-state index contributed by atoms with van der Waals surface area (Å²) in [5.41, 5.74) is 0.272. The number of nitrogens with one attached hydrogen (secondary N) is 1. The highest BCUT2D eigenvalue weighted by atomic mass is 16.5. The summed E-state index contributed by atoms with van der Waals surface area (Å²) < 4.78 is 9.03. The molecule has 1 N–H and O–H groups in total. The maximum atomic E-state index is 11.3. The molecular formula is C10H12N2O4. The summed E-state index contributed by atoms with van der Waals surface area (Å²) in [6.07, 6.45) is 1.51. The maximum Gasteiger partial charge on any atom is 0.341 e. The van der Waals surface area contributed by atoms with Crippen LogP contribution in [0, 0.1) is 0 Å². The van der Waals surface area contributed by atoms with Crippen LogP contribution in [-0.2, 0) is 14.3 Å². The van der Waals surface area contributed by atoms with Crippen molar-refractivity contribution in [3.8, 4) is 0 Å². The maximum absolute atomic E-state index is 11.3. The third-order valence-electron chi connectivity index (χ3n) is 1.84. The van der Waals surface area contributed by atoms with Crippen LogP contribution < -0.4 is 5.32 Å². The molecule has 0 saturated heterocycles. The zero-order valence-corrected chi connectivity index (χ0v) is 9.02. The number of esters is 2. The van der Waals surface area contributed by atoms with Gasteiger partial charge in [-0.25, -0.2) is 9.78 Å². The van der Waals surface area contributed by atoms with Gasteiger partial charge in [-0.2, -0.15) is 0 Å². The van der Waals surface area contributed by atoms with E-state index in [2.05, 4.69) is 19.8 Å². The first-order valence-electron chi connectivity index (χ1n) is 4.53. The zero-order valence-electron chi connectivity index (χ0n) is 9.02. The highest BCUT2D eigenvalue weighted by molar-refractivity contribution is 5.94. The number of aromatic nitrogens is 1. The van der Waals surface area contributed by atoms with Crippen LogP contribution in [0.5, 0.6) is 0 Å². The lowest BCUT2D eigenvalue weighted by Gasteiger charge is -2.07. The number of rotatable bonds is 4. The van der Waals surface area contributed by atoms with Gasteiger partial charge < -0.3 is 14.8 Å². The van der Waals surface area contributed by atoms with Crippen LogP contribution in [0.1, 0.15) is 10.4 Å². The van der Waals surface area contributed by atoms with Crippen molar-refractivity contribution in [3.05, 3.63) is 23.9 Å². The van der Waals surface area contributed by atoms with E-state index in [4.69, 9.17) is 0 Å². The molecule has 1 aromatic rings. The van der Waals surface area contributed by atoms with Gasteiger partial charge in [0.25, 0.3) is 0 Å². The second-order valence-corrected chi connectivity index (χ2v) is 2.82. The normalized spacial score (nSPS) is 9.38. The van der Waals surface area contributed by atoms with Gasteiger partial charge >= 0.3 is 11.9 Å². The molecule has 6 heteroatoms. The van der Waals surface area contributed by atoms with Gasteiger partial charge in [0, 0.05) is 6.20 Å². The highest BCUT2D eigenvalue weighted by Crippen LogP contribution is 2.11. The number of methoxy groups -OCH3 is 2. The van der Waals surface area contributed by atoms with Gasteiger partial charge in [0.05, 0.1) is 14.2 Å². The molecule has 0 unspecified atom stereocenters. The van der Waals surface area contributed by atoms with Crippen molar-refractivity contribution in [3.63, 3.8) is 0 Å². The molecule has 0 saturated carbocycles. The van der Waals surface area contributed by atoms with Crippen LogP contribution in [0.2, 0.25) is 0 Å². The Morgan fingerprint density at radius 2 is 2.12 bits per heavy atom. The van der Waals surface area contributed by atoms with Crippen molar-refractivity contribution >= 4 is 17.8 Å². The number of pyridine rings is 1. The molecule has 1 heterocycles. The van der Waals surface area contributed by atoms with Gasteiger partial charge in [-0.3, -0.25) is 4.79 Å². The van der Waals surface area contributed by atoms with Crippen molar-refractivity contribution in [1.82, 2.24) is 4.98 Å². The molecule has 0 aliphatic carbocycles. The largest absolute Gasteiger partial charge is 0.468 e. The van der Waals surface area contributed by atoms with E-state index in [-0.39, 0.29) is 12.1 Å².